The van der Waals surface area contributed by atoms with Crippen molar-refractivity contribution < 1.29 is 28.3 Å². The molecule has 0 fully saturated rings. The van der Waals surface area contributed by atoms with Gasteiger partial charge in [0.2, 0.25) is 0 Å². The first kappa shape index (κ1) is 24.2. The first-order chi connectivity index (χ1) is 4.54. The van der Waals surface area contributed by atoms with Gasteiger partial charge in [-0.15, -0.1) is 9.79 Å². The summed E-state index contributed by atoms with van der Waals surface area (Å²) in [6.45, 7) is 2.92. The van der Waals surface area contributed by atoms with Crippen molar-refractivity contribution in [2.75, 3.05) is 0 Å². The van der Waals surface area contributed by atoms with E-state index >= 15 is 0 Å². The van der Waals surface area contributed by atoms with E-state index in [1.54, 1.807) is 0 Å². The maximum Gasteiger partial charge on any atom is 0.745 e. The van der Waals surface area contributed by atoms with Crippen LogP contribution in [-0.2, 0) is 13.4 Å². The molecule has 12 heavy (non-hydrogen) atoms. The van der Waals surface area contributed by atoms with Gasteiger partial charge in [-0.05, 0) is 0 Å². The summed E-state index contributed by atoms with van der Waals surface area (Å²) < 4.78 is 22.2. The largest absolute Gasteiger partial charge is 0.745 e. The van der Waals surface area contributed by atoms with Crippen molar-refractivity contribution in [1.82, 2.24) is 0 Å². The number of aliphatic hydroxyl groups is 1. The van der Waals surface area contributed by atoms with Crippen molar-refractivity contribution in [3.63, 3.8) is 0 Å². The van der Waals surface area contributed by atoms with E-state index in [9.17, 15) is 9.13 Å². The summed E-state index contributed by atoms with van der Waals surface area (Å²) >= 11 is 0. The van der Waals surface area contributed by atoms with E-state index in [0.29, 0.717) is 0 Å². The third-order valence-electron chi connectivity index (χ3n) is 0.140. The minimum absolute atomic E-state index is 0. The number of aliphatic hydroxyl groups excluding tert-OH is 1. The van der Waals surface area contributed by atoms with Crippen molar-refractivity contribution >= 4 is 119 Å². The summed E-state index contributed by atoms with van der Waals surface area (Å²) in [4.78, 5) is 15.3. The van der Waals surface area contributed by atoms with Crippen LogP contribution in [0.1, 0.15) is 0 Å². The molecule has 0 saturated heterocycles. The van der Waals surface area contributed by atoms with E-state index in [4.69, 9.17) is 14.9 Å². The molecule has 0 aromatic heterocycles. The molecule has 0 rings (SSSR count). The molecule has 6 nitrogen and oxygen atoms in total. The second kappa shape index (κ2) is 19.5. The summed E-state index contributed by atoms with van der Waals surface area (Å²) in [6, 6.07) is 0. The van der Waals surface area contributed by atoms with Crippen LogP contribution in [0.15, 0.2) is 12.8 Å². The average Bonchev–Trinajstić information content (AvgIpc) is 1.62. The van der Waals surface area contributed by atoms with Gasteiger partial charge in [0.05, 0.1) is 6.26 Å². The Morgan fingerprint density at radius 1 is 1.17 bits per heavy atom. The van der Waals surface area contributed by atoms with Gasteiger partial charge in [-0.2, -0.15) is 0 Å². The van der Waals surface area contributed by atoms with Gasteiger partial charge in [-0.25, -0.2) is 0 Å². The third-order valence-corrected chi connectivity index (χ3v) is 1.26. The fraction of sp³-hybridized carbons (Fsp3) is 0. The van der Waals surface area contributed by atoms with Gasteiger partial charge in [0.25, 0.3) is 0 Å². The van der Waals surface area contributed by atoms with Crippen molar-refractivity contribution in [2.45, 2.75) is 0 Å². The molecule has 2 atom stereocenters. The second-order valence-electron chi connectivity index (χ2n) is 0.740. The van der Waals surface area contributed by atoms with Crippen LogP contribution in [0.5, 0.6) is 0 Å². The van der Waals surface area contributed by atoms with Gasteiger partial charge in [0.15, 0.2) is 4.31 Å². The van der Waals surface area contributed by atoms with Crippen LogP contribution < -0.4 is 0 Å². The molecule has 0 aromatic rings. The summed E-state index contributed by atoms with van der Waals surface area (Å²) in [6.07, 6.45) is 0.750. The Morgan fingerprint density at radius 2 is 1.33 bits per heavy atom. The van der Waals surface area contributed by atoms with Gasteiger partial charge in [-0.1, -0.05) is 6.58 Å². The molecule has 0 heterocycles. The summed E-state index contributed by atoms with van der Waals surface area (Å²) in [7, 11) is -5.85. The van der Waals surface area contributed by atoms with E-state index in [-0.39, 0.29) is 103 Å². The predicted octanol–water partition coefficient (Wildman–Crippen LogP) is 0.229. The molecule has 0 aliphatic rings. The quantitative estimate of drug-likeness (QED) is 0.375. The van der Waals surface area contributed by atoms with E-state index in [1.807, 2.05) is 0 Å². The van der Waals surface area contributed by atoms with Crippen molar-refractivity contribution in [3.05, 3.63) is 12.8 Å². The summed E-state index contributed by atoms with van der Waals surface area (Å²) in [5, 5.41) is 7.33. The molecule has 0 aliphatic heterocycles. The SMILES string of the molecule is C=CO.O=[P+](O)O[P+](=O)O.[K].[K]. The van der Waals surface area contributed by atoms with Crippen LogP contribution in [-0.4, -0.2) is 118 Å². The molecule has 60 valence electrons. The second-order valence-corrected chi connectivity index (χ2v) is 2.34. The fourth-order valence-electron chi connectivity index (χ4n) is 0.0598. The van der Waals surface area contributed by atoms with E-state index in [0.717, 1.165) is 6.26 Å². The minimum Gasteiger partial charge on any atom is -0.516 e. The Bertz CT molecular complexity index is 128. The number of hydrogen-bond donors (Lipinski definition) is 3. The van der Waals surface area contributed by atoms with Gasteiger partial charge in [0.1, 0.15) is 0 Å². The monoisotopic (exact) mass is 266 g/mol. The van der Waals surface area contributed by atoms with Crippen LogP contribution in [0.25, 0.3) is 0 Å². The third kappa shape index (κ3) is 38.4. The molecule has 2 radical (unpaired) electrons. The molecule has 10 heteroatoms. The fourth-order valence-corrected chi connectivity index (χ4v) is 0.538. The van der Waals surface area contributed by atoms with Gasteiger partial charge in [-0.3, -0.25) is 0 Å². The zero-order valence-electron chi connectivity index (χ0n) is 6.75. The maximum atomic E-state index is 9.39. The van der Waals surface area contributed by atoms with Crippen molar-refractivity contribution in [3.8, 4) is 0 Å². The Kier molecular flexibility index (Phi) is 39.3. The zero-order valence-corrected chi connectivity index (χ0v) is 14.8. The van der Waals surface area contributed by atoms with Crippen LogP contribution in [0.3, 0.4) is 0 Å². The number of rotatable bonds is 2. The van der Waals surface area contributed by atoms with Crippen molar-refractivity contribution in [2.24, 2.45) is 0 Å². The first-order valence-electron chi connectivity index (χ1n) is 1.80. The Balaban J connectivity index is -0.0000000569. The summed E-state index contributed by atoms with van der Waals surface area (Å²) in [5.74, 6) is 0. The van der Waals surface area contributed by atoms with Crippen LogP contribution in [0.2, 0.25) is 0 Å². The normalized spacial score (nSPS) is 8.83. The molecule has 0 aromatic carbocycles. The summed E-state index contributed by atoms with van der Waals surface area (Å²) in [5.41, 5.74) is 0. The average molecular weight is 266 g/mol. The zero-order chi connectivity index (χ0) is 8.57. The van der Waals surface area contributed by atoms with Gasteiger partial charge >= 0.3 is 16.5 Å². The topological polar surface area (TPSA) is 104 Å². The Morgan fingerprint density at radius 3 is 1.33 bits per heavy atom. The molecular weight excluding hydrogens is 260 g/mol. The molecular formula is C2H6K2O6P2+2. The predicted molar refractivity (Wildman–Crippen MR) is 45.1 cm³/mol. The molecule has 0 bridgehead atoms. The van der Waals surface area contributed by atoms with Gasteiger partial charge in [0, 0.05) is 112 Å². The van der Waals surface area contributed by atoms with Gasteiger partial charge < -0.3 is 5.11 Å². The molecule has 0 aliphatic carbocycles. The maximum absolute atomic E-state index is 9.39. The molecule has 0 saturated carbocycles. The minimum atomic E-state index is -2.92. The molecule has 2 unspecified atom stereocenters. The van der Waals surface area contributed by atoms with Crippen LogP contribution in [0.4, 0.5) is 0 Å². The molecule has 0 amide bonds. The smallest absolute Gasteiger partial charge is 0.516 e. The molecule has 0 spiro atoms. The first-order valence-corrected chi connectivity index (χ1v) is 4.06. The van der Waals surface area contributed by atoms with Crippen LogP contribution in [0, 0.1) is 0 Å². The van der Waals surface area contributed by atoms with E-state index < -0.39 is 16.5 Å². The molecule has 3 N–H and O–H groups in total. The van der Waals surface area contributed by atoms with E-state index in [2.05, 4.69) is 10.9 Å². The standard InChI is InChI=1S/C2H4O.2K.O5P2/c1-2-3;;;1-6(2)5-7(3)4/h2-3H,1H2;;;/p+2. The Labute approximate surface area is 157 Å². The van der Waals surface area contributed by atoms with Crippen molar-refractivity contribution in [1.29, 1.82) is 0 Å². The van der Waals surface area contributed by atoms with Crippen LogP contribution >= 0.6 is 16.5 Å². The number of hydrogen-bond acceptors (Lipinski definition) is 4. The Hall–Kier alpha value is 2.89. The van der Waals surface area contributed by atoms with E-state index in [1.165, 1.54) is 0 Å².